The van der Waals surface area contributed by atoms with E-state index in [4.69, 9.17) is 19.9 Å². The topological polar surface area (TPSA) is 66.6 Å². The van der Waals surface area contributed by atoms with Crippen molar-refractivity contribution in [3.8, 4) is 23.1 Å². The molecule has 18 heavy (non-hydrogen) atoms. The van der Waals surface area contributed by atoms with Crippen LogP contribution in [-0.2, 0) is 0 Å². The number of ether oxygens (including phenoxy) is 3. The van der Waals surface area contributed by atoms with E-state index in [0.29, 0.717) is 28.8 Å². The highest BCUT2D eigenvalue weighted by atomic mass is 16.5. The Morgan fingerprint density at radius 2 is 1.78 bits per heavy atom. The van der Waals surface area contributed by atoms with Gasteiger partial charge in [-0.05, 0) is 24.3 Å². The number of methoxy groups -OCH3 is 2. The predicted molar refractivity (Wildman–Crippen MR) is 68.3 cm³/mol. The summed E-state index contributed by atoms with van der Waals surface area (Å²) in [4.78, 5) is 4.11. The molecule has 0 aliphatic carbocycles. The minimum atomic E-state index is 0.378. The summed E-state index contributed by atoms with van der Waals surface area (Å²) in [6.45, 7) is 0. The van der Waals surface area contributed by atoms with Gasteiger partial charge < -0.3 is 19.9 Å². The summed E-state index contributed by atoms with van der Waals surface area (Å²) >= 11 is 0. The first-order valence-electron chi connectivity index (χ1n) is 5.35. The Hall–Kier alpha value is -2.43. The van der Waals surface area contributed by atoms with Gasteiger partial charge in [0.2, 0.25) is 0 Å². The second kappa shape index (κ2) is 5.27. The molecule has 1 aromatic heterocycles. The molecule has 0 radical (unpaired) electrons. The molecule has 0 aliphatic heterocycles. The highest BCUT2D eigenvalue weighted by Crippen LogP contribution is 2.35. The van der Waals surface area contributed by atoms with Gasteiger partial charge in [0, 0.05) is 18.0 Å². The summed E-state index contributed by atoms with van der Waals surface area (Å²) in [6, 6.07) is 8.68. The molecule has 2 N–H and O–H groups in total. The van der Waals surface area contributed by atoms with E-state index >= 15 is 0 Å². The fourth-order valence-electron chi connectivity index (χ4n) is 1.48. The van der Waals surface area contributed by atoms with E-state index in [0.717, 1.165) is 0 Å². The summed E-state index contributed by atoms with van der Waals surface area (Å²) in [5, 5.41) is 0. The maximum Gasteiger partial charge on any atom is 0.262 e. The van der Waals surface area contributed by atoms with Crippen molar-refractivity contribution < 1.29 is 14.2 Å². The Balaban J connectivity index is 2.33. The van der Waals surface area contributed by atoms with Gasteiger partial charge in [-0.2, -0.15) is 0 Å². The number of nitrogens with two attached hydrogens (primary N) is 1. The zero-order chi connectivity index (χ0) is 13.0. The van der Waals surface area contributed by atoms with E-state index in [1.165, 1.54) is 0 Å². The van der Waals surface area contributed by atoms with Crippen LogP contribution in [0.25, 0.3) is 0 Å². The molecule has 0 saturated heterocycles. The fourth-order valence-corrected chi connectivity index (χ4v) is 1.48. The molecular weight excluding hydrogens is 232 g/mol. The minimum absolute atomic E-state index is 0.378. The lowest BCUT2D eigenvalue weighted by Gasteiger charge is -2.12. The Morgan fingerprint density at radius 1 is 1.00 bits per heavy atom. The molecule has 0 saturated carbocycles. The predicted octanol–water partition coefficient (Wildman–Crippen LogP) is 2.47. The molecular formula is C13H14N2O3. The van der Waals surface area contributed by atoms with E-state index in [1.54, 1.807) is 50.7 Å². The molecule has 0 atom stereocenters. The molecule has 0 aliphatic rings. The zero-order valence-electron chi connectivity index (χ0n) is 10.2. The Labute approximate surface area is 105 Å². The van der Waals surface area contributed by atoms with Crippen molar-refractivity contribution in [1.29, 1.82) is 0 Å². The van der Waals surface area contributed by atoms with Gasteiger partial charge in [-0.25, -0.2) is 4.98 Å². The van der Waals surface area contributed by atoms with Crippen LogP contribution in [0.2, 0.25) is 0 Å². The van der Waals surface area contributed by atoms with Crippen LogP contribution in [0.3, 0.4) is 0 Å². The number of hydrogen-bond acceptors (Lipinski definition) is 5. The van der Waals surface area contributed by atoms with Gasteiger partial charge in [-0.1, -0.05) is 0 Å². The van der Waals surface area contributed by atoms with Gasteiger partial charge in [0.05, 0.1) is 14.2 Å². The van der Waals surface area contributed by atoms with E-state index in [-0.39, 0.29) is 0 Å². The summed E-state index contributed by atoms with van der Waals surface area (Å²) in [6.07, 6.45) is 1.63. The highest BCUT2D eigenvalue weighted by Gasteiger charge is 2.10. The number of hydrogen-bond donors (Lipinski definition) is 1. The van der Waals surface area contributed by atoms with Crippen molar-refractivity contribution in [2.24, 2.45) is 0 Å². The van der Waals surface area contributed by atoms with Crippen LogP contribution in [0, 0.1) is 0 Å². The van der Waals surface area contributed by atoms with Crippen LogP contribution in [0.4, 0.5) is 5.69 Å². The molecule has 0 bridgehead atoms. The van der Waals surface area contributed by atoms with E-state index in [1.807, 2.05) is 0 Å². The molecule has 0 unspecified atom stereocenters. The lowest BCUT2D eigenvalue weighted by Crippen LogP contribution is -1.96. The maximum atomic E-state index is 5.68. The second-order valence-electron chi connectivity index (χ2n) is 3.52. The lowest BCUT2D eigenvalue weighted by atomic mass is 10.3. The third kappa shape index (κ3) is 2.45. The van der Waals surface area contributed by atoms with Crippen LogP contribution >= 0.6 is 0 Å². The van der Waals surface area contributed by atoms with Gasteiger partial charge in [0.15, 0.2) is 17.2 Å². The van der Waals surface area contributed by atoms with Crippen LogP contribution in [-0.4, -0.2) is 19.2 Å². The standard InChI is InChI=1S/C13H14N2O3/c1-16-11-4-3-7-15-13(11)18-10-6-5-9(14)8-12(10)17-2/h3-8H,14H2,1-2H3. The van der Waals surface area contributed by atoms with Gasteiger partial charge >= 0.3 is 0 Å². The third-order valence-corrected chi connectivity index (χ3v) is 2.35. The zero-order valence-corrected chi connectivity index (χ0v) is 10.2. The molecule has 0 spiro atoms. The van der Waals surface area contributed by atoms with Crippen molar-refractivity contribution >= 4 is 5.69 Å². The van der Waals surface area contributed by atoms with Crippen molar-refractivity contribution in [3.05, 3.63) is 36.5 Å². The van der Waals surface area contributed by atoms with Crippen LogP contribution in [0.1, 0.15) is 0 Å². The van der Waals surface area contributed by atoms with Gasteiger partial charge in [0.25, 0.3) is 5.88 Å². The first-order chi connectivity index (χ1) is 8.74. The first kappa shape index (κ1) is 12.0. The number of anilines is 1. The van der Waals surface area contributed by atoms with Crippen molar-refractivity contribution in [2.75, 3.05) is 20.0 Å². The third-order valence-electron chi connectivity index (χ3n) is 2.35. The SMILES string of the molecule is COc1cc(N)ccc1Oc1ncccc1OC. The molecule has 1 heterocycles. The Kier molecular flexibility index (Phi) is 3.52. The molecule has 5 heteroatoms. The molecule has 5 nitrogen and oxygen atoms in total. The maximum absolute atomic E-state index is 5.68. The molecule has 0 fully saturated rings. The van der Waals surface area contributed by atoms with Crippen LogP contribution in [0.15, 0.2) is 36.5 Å². The number of aromatic nitrogens is 1. The number of rotatable bonds is 4. The average Bonchev–Trinajstić information content (AvgIpc) is 2.41. The summed E-state index contributed by atoms with van der Waals surface area (Å²) < 4.78 is 16.0. The summed E-state index contributed by atoms with van der Waals surface area (Å²) in [5.41, 5.74) is 6.28. The first-order valence-corrected chi connectivity index (χ1v) is 5.35. The fraction of sp³-hybridized carbons (Fsp3) is 0.154. The number of nitrogens with zero attached hydrogens (tertiary/aromatic N) is 1. The molecule has 2 rings (SSSR count). The largest absolute Gasteiger partial charge is 0.493 e. The highest BCUT2D eigenvalue weighted by molar-refractivity contribution is 5.53. The minimum Gasteiger partial charge on any atom is -0.493 e. The van der Waals surface area contributed by atoms with Crippen LogP contribution in [0.5, 0.6) is 23.1 Å². The lowest BCUT2D eigenvalue weighted by molar-refractivity contribution is 0.348. The quantitative estimate of drug-likeness (QED) is 0.839. The van der Waals surface area contributed by atoms with Gasteiger partial charge in [-0.15, -0.1) is 0 Å². The van der Waals surface area contributed by atoms with Crippen molar-refractivity contribution in [1.82, 2.24) is 4.98 Å². The average molecular weight is 246 g/mol. The molecule has 1 aromatic carbocycles. The van der Waals surface area contributed by atoms with Crippen LogP contribution < -0.4 is 19.9 Å². The monoisotopic (exact) mass is 246 g/mol. The smallest absolute Gasteiger partial charge is 0.262 e. The summed E-state index contributed by atoms with van der Waals surface area (Å²) in [5.74, 6) is 2.01. The van der Waals surface area contributed by atoms with E-state index in [2.05, 4.69) is 4.98 Å². The number of pyridine rings is 1. The van der Waals surface area contributed by atoms with Gasteiger partial charge in [-0.3, -0.25) is 0 Å². The molecule has 2 aromatic rings. The Bertz CT molecular complexity index is 544. The van der Waals surface area contributed by atoms with Gasteiger partial charge in [0.1, 0.15) is 0 Å². The number of benzene rings is 1. The molecule has 94 valence electrons. The van der Waals surface area contributed by atoms with Crippen molar-refractivity contribution in [2.45, 2.75) is 0 Å². The Morgan fingerprint density at radius 3 is 2.50 bits per heavy atom. The van der Waals surface area contributed by atoms with Crippen molar-refractivity contribution in [3.63, 3.8) is 0 Å². The normalized spacial score (nSPS) is 9.89. The second-order valence-corrected chi connectivity index (χ2v) is 3.52. The molecule has 0 amide bonds. The number of nitrogen functional groups attached to an aromatic ring is 1. The van der Waals surface area contributed by atoms with E-state index < -0.39 is 0 Å². The summed E-state index contributed by atoms with van der Waals surface area (Å²) in [7, 11) is 3.11. The van der Waals surface area contributed by atoms with E-state index in [9.17, 15) is 0 Å².